The molecular weight excluding hydrogens is 305 g/mol. The van der Waals surface area contributed by atoms with Crippen molar-refractivity contribution in [2.75, 3.05) is 6.54 Å². The summed E-state index contributed by atoms with van der Waals surface area (Å²) in [5.74, 6) is -0.186. The Morgan fingerprint density at radius 3 is 2.63 bits per heavy atom. The van der Waals surface area contributed by atoms with Crippen LogP contribution in [0.4, 0.5) is 4.39 Å². The fourth-order valence-corrected chi connectivity index (χ4v) is 2.62. The normalized spacial score (nSPS) is 12.4. The van der Waals surface area contributed by atoms with Gasteiger partial charge in [-0.3, -0.25) is 0 Å². The fraction of sp³-hybridized carbons (Fsp3) is 0.250. The van der Waals surface area contributed by atoms with Gasteiger partial charge in [0.1, 0.15) is 5.82 Å². The minimum atomic E-state index is -0.186. The van der Waals surface area contributed by atoms with Crippen LogP contribution in [0.3, 0.4) is 0 Å². The molecule has 2 aromatic rings. The van der Waals surface area contributed by atoms with Crippen LogP contribution in [0.2, 0.25) is 0 Å². The molecule has 0 saturated heterocycles. The van der Waals surface area contributed by atoms with Crippen molar-refractivity contribution in [3.63, 3.8) is 0 Å². The Morgan fingerprint density at radius 2 is 1.95 bits per heavy atom. The second-order valence-corrected chi connectivity index (χ2v) is 5.41. The van der Waals surface area contributed by atoms with Crippen molar-refractivity contribution in [1.29, 1.82) is 0 Å². The van der Waals surface area contributed by atoms with Crippen LogP contribution in [0.1, 0.15) is 24.1 Å². The average Bonchev–Trinajstić information content (AvgIpc) is 2.38. The van der Waals surface area contributed by atoms with Crippen molar-refractivity contribution in [2.24, 2.45) is 0 Å². The molecule has 0 radical (unpaired) electrons. The van der Waals surface area contributed by atoms with E-state index in [1.807, 2.05) is 18.2 Å². The number of rotatable bonds is 5. The molecule has 2 rings (SSSR count). The van der Waals surface area contributed by atoms with Crippen LogP contribution in [-0.2, 0) is 6.42 Å². The van der Waals surface area contributed by atoms with Gasteiger partial charge in [0.25, 0.3) is 0 Å². The van der Waals surface area contributed by atoms with E-state index < -0.39 is 0 Å². The van der Waals surface area contributed by atoms with Crippen LogP contribution in [0.15, 0.2) is 53.0 Å². The molecule has 19 heavy (non-hydrogen) atoms. The van der Waals surface area contributed by atoms with Gasteiger partial charge in [0, 0.05) is 10.5 Å². The molecule has 100 valence electrons. The van der Waals surface area contributed by atoms with E-state index in [1.165, 1.54) is 11.6 Å². The van der Waals surface area contributed by atoms with Gasteiger partial charge in [0.2, 0.25) is 0 Å². The lowest BCUT2D eigenvalue weighted by atomic mass is 9.99. The quantitative estimate of drug-likeness (QED) is 0.856. The van der Waals surface area contributed by atoms with E-state index in [-0.39, 0.29) is 11.9 Å². The molecule has 0 amide bonds. The molecule has 0 saturated carbocycles. The molecule has 1 nitrogen and oxygen atoms in total. The zero-order valence-electron chi connectivity index (χ0n) is 10.9. The van der Waals surface area contributed by atoms with Crippen molar-refractivity contribution in [1.82, 2.24) is 5.32 Å². The van der Waals surface area contributed by atoms with E-state index in [1.54, 1.807) is 12.1 Å². The minimum Gasteiger partial charge on any atom is -0.310 e. The molecule has 1 unspecified atom stereocenters. The van der Waals surface area contributed by atoms with E-state index in [0.29, 0.717) is 0 Å². The lowest BCUT2D eigenvalue weighted by molar-refractivity contribution is 0.542. The van der Waals surface area contributed by atoms with Crippen LogP contribution < -0.4 is 5.32 Å². The zero-order valence-corrected chi connectivity index (χ0v) is 12.5. The van der Waals surface area contributed by atoms with Crippen LogP contribution in [0.25, 0.3) is 0 Å². The summed E-state index contributed by atoms with van der Waals surface area (Å²) in [4.78, 5) is 0. The molecule has 0 fully saturated rings. The third-order valence-electron chi connectivity index (χ3n) is 3.03. The number of halogens is 2. The first-order valence-electron chi connectivity index (χ1n) is 6.42. The van der Waals surface area contributed by atoms with Crippen molar-refractivity contribution >= 4 is 15.9 Å². The van der Waals surface area contributed by atoms with Crippen LogP contribution in [0, 0.1) is 5.82 Å². The molecule has 3 heteroatoms. The van der Waals surface area contributed by atoms with Gasteiger partial charge in [-0.1, -0.05) is 47.1 Å². The second kappa shape index (κ2) is 6.83. The van der Waals surface area contributed by atoms with Gasteiger partial charge in [0.15, 0.2) is 0 Å². The zero-order chi connectivity index (χ0) is 13.7. The number of hydrogen-bond acceptors (Lipinski definition) is 1. The third kappa shape index (κ3) is 4.15. The fourth-order valence-electron chi connectivity index (χ4n) is 2.18. The molecule has 0 spiro atoms. The average molecular weight is 322 g/mol. The van der Waals surface area contributed by atoms with Gasteiger partial charge in [-0.2, -0.15) is 0 Å². The highest BCUT2D eigenvalue weighted by Crippen LogP contribution is 2.21. The molecule has 0 aliphatic heterocycles. The largest absolute Gasteiger partial charge is 0.310 e. The monoisotopic (exact) mass is 321 g/mol. The van der Waals surface area contributed by atoms with Crippen molar-refractivity contribution in [2.45, 2.75) is 19.4 Å². The summed E-state index contributed by atoms with van der Waals surface area (Å²) in [5, 5.41) is 3.41. The van der Waals surface area contributed by atoms with E-state index in [9.17, 15) is 4.39 Å². The standard InChI is InChI=1S/C16H17BrFN/c1-2-19-16(13-6-4-8-15(18)11-13)10-12-5-3-7-14(17)9-12/h3-9,11,16,19H,2,10H2,1H3. The van der Waals surface area contributed by atoms with Crippen LogP contribution in [0.5, 0.6) is 0 Å². The first kappa shape index (κ1) is 14.2. The Labute approximate surface area is 122 Å². The molecule has 1 N–H and O–H groups in total. The van der Waals surface area contributed by atoms with Gasteiger partial charge in [0.05, 0.1) is 0 Å². The lowest BCUT2D eigenvalue weighted by Crippen LogP contribution is -2.23. The predicted molar refractivity (Wildman–Crippen MR) is 80.7 cm³/mol. The van der Waals surface area contributed by atoms with E-state index in [4.69, 9.17) is 0 Å². The maximum absolute atomic E-state index is 13.3. The Hall–Kier alpha value is -1.19. The van der Waals surface area contributed by atoms with Crippen molar-refractivity contribution < 1.29 is 4.39 Å². The Bertz CT molecular complexity index is 542. The summed E-state index contributed by atoms with van der Waals surface area (Å²) in [5.41, 5.74) is 2.21. The van der Waals surface area contributed by atoms with Gasteiger partial charge in [-0.15, -0.1) is 0 Å². The molecule has 1 atom stereocenters. The highest BCUT2D eigenvalue weighted by atomic mass is 79.9. The second-order valence-electron chi connectivity index (χ2n) is 4.50. The summed E-state index contributed by atoms with van der Waals surface area (Å²) in [6.45, 7) is 2.92. The van der Waals surface area contributed by atoms with Gasteiger partial charge in [-0.05, 0) is 48.4 Å². The number of nitrogens with one attached hydrogen (secondary N) is 1. The summed E-state index contributed by atoms with van der Waals surface area (Å²) in [6, 6.07) is 15.2. The minimum absolute atomic E-state index is 0.134. The molecule has 0 heterocycles. The van der Waals surface area contributed by atoms with Gasteiger partial charge < -0.3 is 5.32 Å². The summed E-state index contributed by atoms with van der Waals surface area (Å²) in [6.07, 6.45) is 0.844. The third-order valence-corrected chi connectivity index (χ3v) is 3.52. The Balaban J connectivity index is 2.21. The van der Waals surface area contributed by atoms with Crippen molar-refractivity contribution in [3.05, 3.63) is 69.9 Å². The van der Waals surface area contributed by atoms with Crippen LogP contribution in [-0.4, -0.2) is 6.54 Å². The van der Waals surface area contributed by atoms with Crippen LogP contribution >= 0.6 is 15.9 Å². The van der Waals surface area contributed by atoms with Crippen molar-refractivity contribution in [3.8, 4) is 0 Å². The van der Waals surface area contributed by atoms with E-state index >= 15 is 0 Å². The summed E-state index contributed by atoms with van der Waals surface area (Å²) in [7, 11) is 0. The highest BCUT2D eigenvalue weighted by molar-refractivity contribution is 9.10. The molecule has 2 aromatic carbocycles. The van der Waals surface area contributed by atoms with E-state index in [2.05, 4.69) is 40.3 Å². The van der Waals surface area contributed by atoms with Gasteiger partial charge in [-0.25, -0.2) is 4.39 Å². The first-order valence-corrected chi connectivity index (χ1v) is 7.21. The molecule has 0 aromatic heterocycles. The van der Waals surface area contributed by atoms with Gasteiger partial charge >= 0.3 is 0 Å². The Morgan fingerprint density at radius 1 is 1.16 bits per heavy atom. The maximum Gasteiger partial charge on any atom is 0.123 e. The number of likely N-dealkylation sites (N-methyl/N-ethyl adjacent to an activating group) is 1. The number of benzene rings is 2. The molecule has 0 bridgehead atoms. The Kier molecular flexibility index (Phi) is 5.11. The highest BCUT2D eigenvalue weighted by Gasteiger charge is 2.11. The number of hydrogen-bond donors (Lipinski definition) is 1. The predicted octanol–water partition coefficient (Wildman–Crippen LogP) is 4.48. The first-order chi connectivity index (χ1) is 9.19. The van der Waals surface area contributed by atoms with E-state index in [0.717, 1.165) is 23.0 Å². The SMILES string of the molecule is CCNC(Cc1cccc(Br)c1)c1cccc(F)c1. The molecule has 0 aliphatic rings. The summed E-state index contributed by atoms with van der Waals surface area (Å²) >= 11 is 3.48. The maximum atomic E-state index is 13.3. The smallest absolute Gasteiger partial charge is 0.123 e. The lowest BCUT2D eigenvalue weighted by Gasteiger charge is -2.18. The summed E-state index contributed by atoms with van der Waals surface area (Å²) < 4.78 is 14.4. The molecular formula is C16H17BrFN. The topological polar surface area (TPSA) is 12.0 Å². The molecule has 0 aliphatic carbocycles.